The van der Waals surface area contributed by atoms with E-state index in [1.54, 1.807) is 0 Å². The van der Waals surface area contributed by atoms with Crippen LogP contribution in [0.25, 0.3) is 6.08 Å². The number of aliphatic hydroxyl groups excluding tert-OH is 1. The Balaban J connectivity index is 2.57. The molecular formula is C22H34N2O3. The van der Waals surface area contributed by atoms with Crippen LogP contribution in [0.2, 0.25) is 0 Å². The Morgan fingerprint density at radius 3 is 2.48 bits per heavy atom. The van der Waals surface area contributed by atoms with Crippen LogP contribution < -0.4 is 10.6 Å². The van der Waals surface area contributed by atoms with Crippen LogP contribution in [0, 0.1) is 5.92 Å². The lowest BCUT2D eigenvalue weighted by Crippen LogP contribution is -2.44. The van der Waals surface area contributed by atoms with Gasteiger partial charge in [0.15, 0.2) is 6.29 Å². The average molecular weight is 375 g/mol. The molecule has 27 heavy (non-hydrogen) atoms. The molecule has 1 aromatic carbocycles. The lowest BCUT2D eigenvalue weighted by atomic mass is 10.0. The first kappa shape index (κ1) is 22.9. The van der Waals surface area contributed by atoms with Crippen molar-refractivity contribution in [2.75, 3.05) is 19.5 Å². The SMILES string of the molecule is CC/C=C\CC(C)CC(=O)NC(C/C=C/c1ccc(NC)cc1)C(O)OC. The summed E-state index contributed by atoms with van der Waals surface area (Å²) < 4.78 is 5.02. The highest BCUT2D eigenvalue weighted by Crippen LogP contribution is 2.12. The minimum Gasteiger partial charge on any atom is -0.388 e. The summed E-state index contributed by atoms with van der Waals surface area (Å²) in [6, 6.07) is 7.53. The van der Waals surface area contributed by atoms with Crippen LogP contribution in [0.3, 0.4) is 0 Å². The molecule has 3 N–H and O–H groups in total. The van der Waals surface area contributed by atoms with Gasteiger partial charge in [-0.25, -0.2) is 0 Å². The van der Waals surface area contributed by atoms with Gasteiger partial charge in [0.1, 0.15) is 0 Å². The smallest absolute Gasteiger partial charge is 0.220 e. The number of methoxy groups -OCH3 is 1. The molecule has 1 aromatic rings. The van der Waals surface area contributed by atoms with E-state index in [2.05, 4.69) is 36.6 Å². The zero-order chi connectivity index (χ0) is 20.1. The highest BCUT2D eigenvalue weighted by Gasteiger charge is 2.20. The van der Waals surface area contributed by atoms with Gasteiger partial charge < -0.3 is 20.5 Å². The van der Waals surface area contributed by atoms with Gasteiger partial charge in [-0.15, -0.1) is 0 Å². The first-order valence-corrected chi connectivity index (χ1v) is 9.59. The van der Waals surface area contributed by atoms with Gasteiger partial charge >= 0.3 is 0 Å². The predicted octanol–water partition coefficient (Wildman–Crippen LogP) is 3.96. The number of amides is 1. The van der Waals surface area contributed by atoms with Crippen molar-refractivity contribution in [1.82, 2.24) is 5.32 Å². The second-order valence-corrected chi connectivity index (χ2v) is 6.74. The summed E-state index contributed by atoms with van der Waals surface area (Å²) in [7, 11) is 3.31. The van der Waals surface area contributed by atoms with Gasteiger partial charge in [-0.2, -0.15) is 0 Å². The Kier molecular flexibility index (Phi) is 11.1. The number of nitrogens with one attached hydrogen (secondary N) is 2. The van der Waals surface area contributed by atoms with Crippen molar-refractivity contribution in [1.29, 1.82) is 0 Å². The zero-order valence-corrected chi connectivity index (χ0v) is 16.9. The van der Waals surface area contributed by atoms with Crippen molar-refractivity contribution in [3.8, 4) is 0 Å². The Labute approximate surface area is 163 Å². The molecule has 5 nitrogen and oxygen atoms in total. The van der Waals surface area contributed by atoms with Crippen LogP contribution in [-0.2, 0) is 9.53 Å². The molecule has 0 radical (unpaired) electrons. The molecule has 0 aromatic heterocycles. The topological polar surface area (TPSA) is 70.6 Å². The molecule has 0 heterocycles. The van der Waals surface area contributed by atoms with Gasteiger partial charge in [-0.3, -0.25) is 4.79 Å². The summed E-state index contributed by atoms with van der Waals surface area (Å²) in [5.74, 6) is 0.189. The van der Waals surface area contributed by atoms with Crippen molar-refractivity contribution in [3.05, 3.63) is 48.1 Å². The molecule has 0 aliphatic carbocycles. The van der Waals surface area contributed by atoms with Crippen molar-refractivity contribution in [2.45, 2.75) is 51.9 Å². The molecule has 0 fully saturated rings. The van der Waals surface area contributed by atoms with Gasteiger partial charge in [0.05, 0.1) is 6.04 Å². The fraction of sp³-hybridized carbons (Fsp3) is 0.500. The van der Waals surface area contributed by atoms with E-state index < -0.39 is 12.3 Å². The van der Waals surface area contributed by atoms with E-state index in [4.69, 9.17) is 4.74 Å². The summed E-state index contributed by atoms with van der Waals surface area (Å²) in [5, 5.41) is 16.0. The van der Waals surface area contributed by atoms with Gasteiger partial charge in [-0.05, 0) is 42.9 Å². The normalized spacial score (nSPS) is 15.0. The molecule has 0 saturated carbocycles. The fourth-order valence-electron chi connectivity index (χ4n) is 2.68. The summed E-state index contributed by atoms with van der Waals surface area (Å²) in [6.45, 7) is 4.14. The van der Waals surface area contributed by atoms with E-state index >= 15 is 0 Å². The van der Waals surface area contributed by atoms with Crippen LogP contribution >= 0.6 is 0 Å². The molecule has 0 saturated heterocycles. The summed E-state index contributed by atoms with van der Waals surface area (Å²) >= 11 is 0. The first-order chi connectivity index (χ1) is 13.0. The van der Waals surface area contributed by atoms with E-state index in [0.717, 1.165) is 24.1 Å². The minimum absolute atomic E-state index is 0.0692. The Hall–Kier alpha value is -2.11. The predicted molar refractivity (Wildman–Crippen MR) is 112 cm³/mol. The third-order valence-electron chi connectivity index (χ3n) is 4.31. The molecule has 150 valence electrons. The number of hydrogen-bond donors (Lipinski definition) is 3. The second kappa shape index (κ2) is 13.1. The van der Waals surface area contributed by atoms with Gasteiger partial charge in [0.25, 0.3) is 0 Å². The third-order valence-corrected chi connectivity index (χ3v) is 4.31. The third kappa shape index (κ3) is 9.40. The number of allylic oxidation sites excluding steroid dienone is 2. The molecule has 0 aliphatic rings. The molecule has 3 atom stereocenters. The highest BCUT2D eigenvalue weighted by atomic mass is 16.6. The zero-order valence-electron chi connectivity index (χ0n) is 16.9. The quantitative estimate of drug-likeness (QED) is 0.382. The molecule has 0 bridgehead atoms. The summed E-state index contributed by atoms with van der Waals surface area (Å²) in [4.78, 5) is 12.3. The van der Waals surface area contributed by atoms with Crippen LogP contribution in [0.4, 0.5) is 5.69 Å². The van der Waals surface area contributed by atoms with Gasteiger partial charge in [-0.1, -0.05) is 50.3 Å². The lowest BCUT2D eigenvalue weighted by Gasteiger charge is -2.22. The maximum Gasteiger partial charge on any atom is 0.220 e. The number of anilines is 1. The van der Waals surface area contributed by atoms with E-state index in [1.165, 1.54) is 7.11 Å². The molecule has 1 amide bonds. The molecule has 5 heteroatoms. The number of carbonyl (C=O) groups is 1. The Morgan fingerprint density at radius 1 is 1.19 bits per heavy atom. The van der Waals surface area contributed by atoms with Crippen molar-refractivity contribution < 1.29 is 14.6 Å². The van der Waals surface area contributed by atoms with Crippen molar-refractivity contribution >= 4 is 17.7 Å². The molecular weight excluding hydrogens is 340 g/mol. The number of hydrogen-bond acceptors (Lipinski definition) is 4. The van der Waals surface area contributed by atoms with Crippen molar-refractivity contribution in [2.24, 2.45) is 5.92 Å². The van der Waals surface area contributed by atoms with Crippen LogP contribution in [0.1, 0.15) is 45.1 Å². The number of aliphatic hydroxyl groups is 1. The largest absolute Gasteiger partial charge is 0.388 e. The minimum atomic E-state index is -1.04. The Bertz CT molecular complexity index is 596. The van der Waals surface area contributed by atoms with Gasteiger partial charge in [0.2, 0.25) is 5.91 Å². The van der Waals surface area contributed by atoms with Crippen LogP contribution in [0.5, 0.6) is 0 Å². The van der Waals surface area contributed by atoms with E-state index in [0.29, 0.717) is 12.8 Å². The lowest BCUT2D eigenvalue weighted by molar-refractivity contribution is -0.130. The number of carbonyl (C=O) groups excluding carboxylic acids is 1. The van der Waals surface area contributed by atoms with Gasteiger partial charge in [0, 0.05) is 26.3 Å². The molecule has 0 aliphatic heterocycles. The van der Waals surface area contributed by atoms with E-state index in [-0.39, 0.29) is 11.8 Å². The monoisotopic (exact) mass is 374 g/mol. The molecule has 0 spiro atoms. The van der Waals surface area contributed by atoms with Crippen LogP contribution in [-0.4, -0.2) is 37.5 Å². The van der Waals surface area contributed by atoms with E-state index in [9.17, 15) is 9.90 Å². The molecule has 3 unspecified atom stereocenters. The van der Waals surface area contributed by atoms with Crippen LogP contribution in [0.15, 0.2) is 42.5 Å². The maximum atomic E-state index is 12.3. The average Bonchev–Trinajstić information content (AvgIpc) is 2.67. The first-order valence-electron chi connectivity index (χ1n) is 9.59. The summed E-state index contributed by atoms with van der Waals surface area (Å²) in [5.41, 5.74) is 2.11. The Morgan fingerprint density at radius 2 is 1.89 bits per heavy atom. The highest BCUT2D eigenvalue weighted by molar-refractivity contribution is 5.76. The standard InChI is InChI=1S/C22H34N2O3/c1-5-6-7-9-17(2)16-21(25)24-20(22(26)27-4)11-8-10-18-12-14-19(23-3)15-13-18/h6-8,10,12-15,17,20,22-23,26H,5,9,11,16H2,1-4H3,(H,24,25)/b7-6-,10-8+. The number of benzene rings is 1. The summed E-state index contributed by atoms with van der Waals surface area (Å²) in [6.07, 6.45) is 9.89. The maximum absolute atomic E-state index is 12.3. The fourth-order valence-corrected chi connectivity index (χ4v) is 2.68. The molecule has 1 rings (SSSR count). The van der Waals surface area contributed by atoms with Crippen molar-refractivity contribution in [3.63, 3.8) is 0 Å². The number of rotatable bonds is 12. The number of ether oxygens (including phenoxy) is 1. The van der Waals surface area contributed by atoms with E-state index in [1.807, 2.05) is 43.5 Å². The second-order valence-electron chi connectivity index (χ2n) is 6.74.